The van der Waals surface area contributed by atoms with Crippen molar-refractivity contribution in [3.8, 4) is 32.6 Å². The molecule has 3 aromatic heterocycles. The summed E-state index contributed by atoms with van der Waals surface area (Å²) in [7, 11) is 0. The molecule has 1 amide bonds. The Bertz CT molecular complexity index is 1160. The van der Waals surface area contributed by atoms with Gasteiger partial charge in [-0.15, -0.1) is 34.0 Å². The zero-order chi connectivity index (χ0) is 19.1. The topological polar surface area (TPSA) is 73.3 Å². The Labute approximate surface area is 172 Å². The summed E-state index contributed by atoms with van der Waals surface area (Å²) in [4.78, 5) is 23.4. The molecule has 0 saturated heterocycles. The van der Waals surface area contributed by atoms with Crippen molar-refractivity contribution in [2.75, 3.05) is 12.1 Å². The maximum absolute atomic E-state index is 12.7. The number of aromatic nitrogens is 2. The summed E-state index contributed by atoms with van der Waals surface area (Å²) in [5.41, 5.74) is 2.41. The van der Waals surface area contributed by atoms with Crippen molar-refractivity contribution in [2.24, 2.45) is 0 Å². The van der Waals surface area contributed by atoms with Gasteiger partial charge in [0.15, 0.2) is 16.6 Å². The Morgan fingerprint density at radius 1 is 1.14 bits per heavy atom. The molecule has 0 aliphatic carbocycles. The van der Waals surface area contributed by atoms with Crippen molar-refractivity contribution in [3.63, 3.8) is 0 Å². The van der Waals surface area contributed by atoms with E-state index in [1.54, 1.807) is 11.3 Å². The molecule has 1 aliphatic heterocycles. The molecule has 9 heteroatoms. The van der Waals surface area contributed by atoms with Crippen LogP contribution in [0.3, 0.4) is 0 Å². The standard InChI is InChI=1S/C19H13N3O3S3/c1-10-16(28-18(20-10)15-3-2-6-26-15)17(23)22-19-21-12(8-27-19)11-4-5-13-14(7-11)25-9-24-13/h2-8H,9H2,1H3,(H,21,22,23). The van der Waals surface area contributed by atoms with Gasteiger partial charge in [-0.2, -0.15) is 0 Å². The maximum Gasteiger partial charge on any atom is 0.269 e. The van der Waals surface area contributed by atoms with Crippen LogP contribution in [0.15, 0.2) is 41.1 Å². The minimum atomic E-state index is -0.190. The SMILES string of the molecule is Cc1nc(-c2cccs2)sc1C(=O)Nc1nc(-c2ccc3c(c2)OCO3)cs1. The number of hydrogen-bond donors (Lipinski definition) is 1. The van der Waals surface area contributed by atoms with E-state index >= 15 is 0 Å². The number of carbonyl (C=O) groups is 1. The van der Waals surface area contributed by atoms with Crippen LogP contribution >= 0.6 is 34.0 Å². The van der Waals surface area contributed by atoms with Gasteiger partial charge in [0.25, 0.3) is 5.91 Å². The molecule has 140 valence electrons. The minimum Gasteiger partial charge on any atom is -0.454 e. The van der Waals surface area contributed by atoms with Gasteiger partial charge in [-0.05, 0) is 36.6 Å². The van der Waals surface area contributed by atoms with E-state index in [2.05, 4.69) is 15.3 Å². The highest BCUT2D eigenvalue weighted by Crippen LogP contribution is 2.37. The number of nitrogens with zero attached hydrogens (tertiary/aromatic N) is 2. The monoisotopic (exact) mass is 427 g/mol. The van der Waals surface area contributed by atoms with E-state index in [1.807, 2.05) is 48.0 Å². The number of nitrogens with one attached hydrogen (secondary N) is 1. The van der Waals surface area contributed by atoms with Crippen LogP contribution in [-0.4, -0.2) is 22.7 Å². The van der Waals surface area contributed by atoms with Crippen LogP contribution in [-0.2, 0) is 0 Å². The van der Waals surface area contributed by atoms with E-state index in [-0.39, 0.29) is 12.7 Å². The molecule has 0 fully saturated rings. The number of thiophene rings is 1. The molecule has 0 bridgehead atoms. The minimum absolute atomic E-state index is 0.190. The summed E-state index contributed by atoms with van der Waals surface area (Å²) in [6.07, 6.45) is 0. The zero-order valence-electron chi connectivity index (χ0n) is 14.6. The number of amides is 1. The van der Waals surface area contributed by atoms with Gasteiger partial charge in [0, 0.05) is 10.9 Å². The van der Waals surface area contributed by atoms with Gasteiger partial charge in [-0.3, -0.25) is 10.1 Å². The Hall–Kier alpha value is -2.75. The second kappa shape index (κ2) is 7.01. The molecular weight excluding hydrogens is 414 g/mol. The molecule has 0 atom stereocenters. The first-order valence-corrected chi connectivity index (χ1v) is 10.9. The molecule has 5 rings (SSSR count). The largest absolute Gasteiger partial charge is 0.454 e. The third-order valence-electron chi connectivity index (χ3n) is 4.13. The highest BCUT2D eigenvalue weighted by Gasteiger charge is 2.19. The number of carbonyl (C=O) groups excluding carboxylic acids is 1. The molecule has 1 N–H and O–H groups in total. The molecule has 28 heavy (non-hydrogen) atoms. The molecule has 1 aliphatic rings. The van der Waals surface area contributed by atoms with Crippen LogP contribution in [0.4, 0.5) is 5.13 Å². The number of aryl methyl sites for hydroxylation is 1. The van der Waals surface area contributed by atoms with Crippen molar-refractivity contribution in [1.82, 2.24) is 9.97 Å². The predicted octanol–water partition coefficient (Wildman–Crippen LogP) is 5.28. The maximum atomic E-state index is 12.7. The van der Waals surface area contributed by atoms with E-state index < -0.39 is 0 Å². The molecule has 0 radical (unpaired) electrons. The first-order chi connectivity index (χ1) is 13.7. The summed E-state index contributed by atoms with van der Waals surface area (Å²) in [5, 5.41) is 8.20. The Morgan fingerprint density at radius 3 is 2.89 bits per heavy atom. The molecule has 0 saturated carbocycles. The van der Waals surface area contributed by atoms with Crippen LogP contribution in [0.5, 0.6) is 11.5 Å². The number of benzene rings is 1. The molecule has 6 nitrogen and oxygen atoms in total. The fraction of sp³-hybridized carbons (Fsp3) is 0.105. The molecular formula is C19H13N3O3S3. The number of ether oxygens (including phenoxy) is 2. The normalized spacial score (nSPS) is 12.3. The third-order valence-corrected chi connectivity index (χ3v) is 7.08. The number of anilines is 1. The van der Waals surface area contributed by atoms with Crippen molar-refractivity contribution < 1.29 is 14.3 Å². The third kappa shape index (κ3) is 3.17. The van der Waals surface area contributed by atoms with Crippen molar-refractivity contribution >= 4 is 45.0 Å². The summed E-state index contributed by atoms with van der Waals surface area (Å²) in [6.45, 7) is 2.08. The van der Waals surface area contributed by atoms with Gasteiger partial charge in [0.2, 0.25) is 6.79 Å². The van der Waals surface area contributed by atoms with Crippen molar-refractivity contribution in [1.29, 1.82) is 0 Å². The lowest BCUT2D eigenvalue weighted by Crippen LogP contribution is -2.11. The van der Waals surface area contributed by atoms with E-state index in [9.17, 15) is 4.79 Å². The first-order valence-electron chi connectivity index (χ1n) is 8.35. The lowest BCUT2D eigenvalue weighted by atomic mass is 10.1. The lowest BCUT2D eigenvalue weighted by molar-refractivity contribution is 0.103. The van der Waals surface area contributed by atoms with Crippen molar-refractivity contribution in [3.05, 3.63) is 51.7 Å². The number of thiazole rings is 2. The Morgan fingerprint density at radius 2 is 2.04 bits per heavy atom. The number of hydrogen-bond acceptors (Lipinski definition) is 8. The molecule has 0 spiro atoms. The second-order valence-electron chi connectivity index (χ2n) is 5.97. The van der Waals surface area contributed by atoms with E-state index in [4.69, 9.17) is 9.47 Å². The zero-order valence-corrected chi connectivity index (χ0v) is 17.0. The lowest BCUT2D eigenvalue weighted by Gasteiger charge is -2.00. The van der Waals surface area contributed by atoms with Gasteiger partial charge < -0.3 is 9.47 Å². The number of fused-ring (bicyclic) bond motifs is 1. The predicted molar refractivity (Wildman–Crippen MR) is 112 cm³/mol. The second-order valence-corrected chi connectivity index (χ2v) is 8.78. The molecule has 0 unspecified atom stereocenters. The Balaban J connectivity index is 1.35. The van der Waals surface area contributed by atoms with Crippen LogP contribution in [0.1, 0.15) is 15.4 Å². The number of rotatable bonds is 4. The van der Waals surface area contributed by atoms with Crippen LogP contribution in [0.2, 0.25) is 0 Å². The van der Waals surface area contributed by atoms with E-state index in [1.165, 1.54) is 22.7 Å². The summed E-state index contributed by atoms with van der Waals surface area (Å²) in [6, 6.07) is 9.66. The van der Waals surface area contributed by atoms with Gasteiger partial charge in [0.05, 0.1) is 16.3 Å². The van der Waals surface area contributed by atoms with Crippen LogP contribution < -0.4 is 14.8 Å². The fourth-order valence-electron chi connectivity index (χ4n) is 2.79. The summed E-state index contributed by atoms with van der Waals surface area (Å²) < 4.78 is 10.7. The van der Waals surface area contributed by atoms with E-state index in [0.717, 1.165) is 32.6 Å². The summed E-state index contributed by atoms with van der Waals surface area (Å²) in [5.74, 6) is 1.25. The molecule has 4 heterocycles. The van der Waals surface area contributed by atoms with Gasteiger partial charge in [-0.1, -0.05) is 6.07 Å². The average Bonchev–Trinajstić information content (AvgIpc) is 3.47. The fourth-order valence-corrected chi connectivity index (χ4v) is 5.26. The van der Waals surface area contributed by atoms with Gasteiger partial charge >= 0.3 is 0 Å². The van der Waals surface area contributed by atoms with Gasteiger partial charge in [-0.25, -0.2) is 9.97 Å². The summed E-state index contributed by atoms with van der Waals surface area (Å²) >= 11 is 4.39. The van der Waals surface area contributed by atoms with Crippen LogP contribution in [0.25, 0.3) is 21.1 Å². The highest BCUT2D eigenvalue weighted by atomic mass is 32.1. The van der Waals surface area contributed by atoms with E-state index in [0.29, 0.717) is 15.8 Å². The quantitative estimate of drug-likeness (QED) is 0.479. The average molecular weight is 428 g/mol. The van der Waals surface area contributed by atoms with Gasteiger partial charge in [0.1, 0.15) is 9.88 Å². The van der Waals surface area contributed by atoms with Crippen LogP contribution in [0, 0.1) is 6.92 Å². The van der Waals surface area contributed by atoms with Crippen molar-refractivity contribution in [2.45, 2.75) is 6.92 Å². The molecule has 4 aromatic rings. The molecule has 1 aromatic carbocycles. The Kier molecular flexibility index (Phi) is 4.34. The highest BCUT2D eigenvalue weighted by molar-refractivity contribution is 7.22. The first kappa shape index (κ1) is 17.4. The smallest absolute Gasteiger partial charge is 0.269 e.